The van der Waals surface area contributed by atoms with Gasteiger partial charge in [-0.05, 0) is 24.5 Å². The van der Waals surface area contributed by atoms with Crippen molar-refractivity contribution in [3.63, 3.8) is 0 Å². The van der Waals surface area contributed by atoms with Crippen LogP contribution >= 0.6 is 11.3 Å². The molecule has 0 aliphatic heterocycles. The molecular formula is C19H22N4O2S. The normalized spacial score (nSPS) is 10.8. The molecule has 3 rings (SSSR count). The van der Waals surface area contributed by atoms with Gasteiger partial charge < -0.3 is 15.4 Å². The van der Waals surface area contributed by atoms with E-state index >= 15 is 0 Å². The number of benzene rings is 1. The number of carbonyl (C=O) groups excluding carboxylic acids is 1. The predicted octanol–water partition coefficient (Wildman–Crippen LogP) is 3.03. The second-order valence-corrected chi connectivity index (χ2v) is 6.87. The summed E-state index contributed by atoms with van der Waals surface area (Å²) in [6, 6.07) is 10.3. The average molecular weight is 370 g/mol. The molecule has 0 saturated carbocycles. The highest BCUT2D eigenvalue weighted by Gasteiger charge is 2.18. The van der Waals surface area contributed by atoms with Gasteiger partial charge in [0.1, 0.15) is 17.0 Å². The van der Waals surface area contributed by atoms with Crippen molar-refractivity contribution in [1.29, 1.82) is 0 Å². The van der Waals surface area contributed by atoms with E-state index in [2.05, 4.69) is 32.7 Å². The monoisotopic (exact) mass is 370 g/mol. The van der Waals surface area contributed by atoms with Crippen LogP contribution in [0.25, 0.3) is 10.2 Å². The summed E-state index contributed by atoms with van der Waals surface area (Å²) in [5.74, 6) is 0.674. The second kappa shape index (κ2) is 8.73. The van der Waals surface area contributed by atoms with E-state index < -0.39 is 0 Å². The van der Waals surface area contributed by atoms with Crippen molar-refractivity contribution in [3.05, 3.63) is 52.7 Å². The number of carbonyl (C=O) groups is 1. The number of fused-ring (bicyclic) bond motifs is 1. The lowest BCUT2D eigenvalue weighted by molar-refractivity contribution is 0.0940. The highest BCUT2D eigenvalue weighted by Crippen LogP contribution is 2.33. The maximum absolute atomic E-state index is 12.4. The van der Waals surface area contributed by atoms with Crippen molar-refractivity contribution in [3.8, 4) is 0 Å². The van der Waals surface area contributed by atoms with E-state index in [1.165, 1.54) is 23.2 Å². The van der Waals surface area contributed by atoms with Gasteiger partial charge in [0.15, 0.2) is 0 Å². The molecule has 0 spiro atoms. The lowest BCUT2D eigenvalue weighted by Gasteiger charge is -2.07. The van der Waals surface area contributed by atoms with Crippen LogP contribution in [-0.4, -0.2) is 42.7 Å². The molecule has 2 heterocycles. The van der Waals surface area contributed by atoms with Crippen molar-refractivity contribution in [2.75, 3.05) is 32.1 Å². The van der Waals surface area contributed by atoms with E-state index in [0.717, 1.165) is 34.6 Å². The topological polar surface area (TPSA) is 76.1 Å². The SMILES string of the molecule is COCCNC(=O)c1sc2ncnc(NCCc3ccccc3)c2c1C. The van der Waals surface area contributed by atoms with E-state index in [1.54, 1.807) is 7.11 Å². The van der Waals surface area contributed by atoms with E-state index in [9.17, 15) is 4.79 Å². The number of nitrogens with one attached hydrogen (secondary N) is 2. The number of aryl methyl sites for hydroxylation is 1. The zero-order chi connectivity index (χ0) is 18.4. The Bertz CT molecular complexity index is 880. The minimum atomic E-state index is -0.0993. The molecule has 0 radical (unpaired) electrons. The molecule has 1 aromatic carbocycles. The Morgan fingerprint density at radius 2 is 2.00 bits per heavy atom. The summed E-state index contributed by atoms with van der Waals surface area (Å²) in [7, 11) is 1.61. The molecule has 3 aromatic rings. The molecular weight excluding hydrogens is 348 g/mol. The second-order valence-electron chi connectivity index (χ2n) is 5.87. The van der Waals surface area contributed by atoms with Crippen molar-refractivity contribution >= 4 is 33.3 Å². The van der Waals surface area contributed by atoms with Crippen LogP contribution in [0.4, 0.5) is 5.82 Å². The van der Waals surface area contributed by atoms with Gasteiger partial charge in [0, 0.05) is 20.2 Å². The summed E-state index contributed by atoms with van der Waals surface area (Å²) >= 11 is 1.39. The Morgan fingerprint density at radius 1 is 1.19 bits per heavy atom. The maximum atomic E-state index is 12.4. The van der Waals surface area contributed by atoms with Crippen LogP contribution in [0.15, 0.2) is 36.7 Å². The first-order valence-electron chi connectivity index (χ1n) is 8.49. The molecule has 2 N–H and O–H groups in total. The first kappa shape index (κ1) is 18.3. The number of amides is 1. The molecule has 1 amide bonds. The van der Waals surface area contributed by atoms with Crippen LogP contribution in [0.1, 0.15) is 20.8 Å². The Hall–Kier alpha value is -2.51. The standard InChI is InChI=1S/C19H22N4O2S/c1-13-15-17(20-9-8-14-6-4-3-5-7-14)22-12-23-19(15)26-16(13)18(24)21-10-11-25-2/h3-7,12H,8-11H2,1-2H3,(H,21,24)(H,20,22,23). The molecule has 0 fully saturated rings. The van der Waals surface area contributed by atoms with Gasteiger partial charge in [-0.25, -0.2) is 9.97 Å². The van der Waals surface area contributed by atoms with Crippen LogP contribution < -0.4 is 10.6 Å². The highest BCUT2D eigenvalue weighted by molar-refractivity contribution is 7.20. The quantitative estimate of drug-likeness (QED) is 0.596. The van der Waals surface area contributed by atoms with E-state index in [-0.39, 0.29) is 5.91 Å². The summed E-state index contributed by atoms with van der Waals surface area (Å²) in [5, 5.41) is 7.17. The first-order valence-corrected chi connectivity index (χ1v) is 9.31. The van der Waals surface area contributed by atoms with Crippen LogP contribution in [0.3, 0.4) is 0 Å². The number of nitrogens with zero attached hydrogens (tertiary/aromatic N) is 2. The van der Waals surface area contributed by atoms with Gasteiger partial charge in [0.2, 0.25) is 0 Å². The molecule has 7 heteroatoms. The third kappa shape index (κ3) is 4.17. The van der Waals surface area contributed by atoms with Gasteiger partial charge in [-0.1, -0.05) is 30.3 Å². The summed E-state index contributed by atoms with van der Waals surface area (Å²) in [4.78, 5) is 22.6. The number of hydrogen-bond donors (Lipinski definition) is 2. The number of rotatable bonds is 8. The number of thiophene rings is 1. The van der Waals surface area contributed by atoms with Gasteiger partial charge in [-0.3, -0.25) is 4.79 Å². The molecule has 26 heavy (non-hydrogen) atoms. The smallest absolute Gasteiger partial charge is 0.261 e. The van der Waals surface area contributed by atoms with Crippen LogP contribution in [0, 0.1) is 6.92 Å². The van der Waals surface area contributed by atoms with Gasteiger partial charge in [-0.15, -0.1) is 11.3 Å². The fourth-order valence-corrected chi connectivity index (χ4v) is 3.80. The Kier molecular flexibility index (Phi) is 6.14. The number of anilines is 1. The van der Waals surface area contributed by atoms with Crippen molar-refractivity contribution in [1.82, 2.24) is 15.3 Å². The predicted molar refractivity (Wildman–Crippen MR) is 105 cm³/mol. The first-order chi connectivity index (χ1) is 12.7. The molecule has 0 saturated heterocycles. The minimum absolute atomic E-state index is 0.0993. The fraction of sp³-hybridized carbons (Fsp3) is 0.316. The van der Waals surface area contributed by atoms with Crippen LogP contribution in [-0.2, 0) is 11.2 Å². The lowest BCUT2D eigenvalue weighted by atomic mass is 10.1. The van der Waals surface area contributed by atoms with Crippen LogP contribution in [0.5, 0.6) is 0 Å². The van der Waals surface area contributed by atoms with Crippen LogP contribution in [0.2, 0.25) is 0 Å². The lowest BCUT2D eigenvalue weighted by Crippen LogP contribution is -2.26. The zero-order valence-electron chi connectivity index (χ0n) is 14.9. The minimum Gasteiger partial charge on any atom is -0.383 e. The number of aromatic nitrogens is 2. The highest BCUT2D eigenvalue weighted by atomic mass is 32.1. The summed E-state index contributed by atoms with van der Waals surface area (Å²) in [6.07, 6.45) is 2.44. The molecule has 0 aliphatic rings. The summed E-state index contributed by atoms with van der Waals surface area (Å²) in [6.45, 7) is 3.68. The average Bonchev–Trinajstić information content (AvgIpc) is 3.00. The molecule has 0 bridgehead atoms. The zero-order valence-corrected chi connectivity index (χ0v) is 15.7. The fourth-order valence-electron chi connectivity index (χ4n) is 2.74. The molecule has 0 aliphatic carbocycles. The third-order valence-corrected chi connectivity index (χ3v) is 5.27. The number of methoxy groups -OCH3 is 1. The van der Waals surface area contributed by atoms with Gasteiger partial charge in [-0.2, -0.15) is 0 Å². The molecule has 0 atom stereocenters. The van der Waals surface area contributed by atoms with E-state index in [0.29, 0.717) is 18.0 Å². The van der Waals surface area contributed by atoms with Gasteiger partial charge >= 0.3 is 0 Å². The third-order valence-electron chi connectivity index (χ3n) is 4.07. The maximum Gasteiger partial charge on any atom is 0.261 e. The van der Waals surface area contributed by atoms with E-state index in [1.807, 2.05) is 25.1 Å². The van der Waals surface area contributed by atoms with Gasteiger partial charge in [0.05, 0.1) is 16.9 Å². The van der Waals surface area contributed by atoms with Gasteiger partial charge in [0.25, 0.3) is 5.91 Å². The van der Waals surface area contributed by atoms with Crippen molar-refractivity contribution < 1.29 is 9.53 Å². The summed E-state index contributed by atoms with van der Waals surface area (Å²) < 4.78 is 4.97. The van der Waals surface area contributed by atoms with E-state index in [4.69, 9.17) is 4.74 Å². The molecule has 0 unspecified atom stereocenters. The Balaban J connectivity index is 1.75. The van der Waals surface area contributed by atoms with Crippen molar-refractivity contribution in [2.24, 2.45) is 0 Å². The molecule has 2 aromatic heterocycles. The Labute approximate surface area is 156 Å². The molecule has 6 nitrogen and oxygen atoms in total. The Morgan fingerprint density at radius 3 is 2.77 bits per heavy atom. The molecule has 136 valence electrons. The number of hydrogen-bond acceptors (Lipinski definition) is 6. The largest absolute Gasteiger partial charge is 0.383 e. The number of ether oxygens (including phenoxy) is 1. The van der Waals surface area contributed by atoms with Crippen molar-refractivity contribution in [2.45, 2.75) is 13.3 Å². The summed E-state index contributed by atoms with van der Waals surface area (Å²) in [5.41, 5.74) is 2.17.